The highest BCUT2D eigenvalue weighted by Gasteiger charge is 2.32. The van der Waals surface area contributed by atoms with Crippen LogP contribution in [0.2, 0.25) is 5.02 Å². The normalized spacial score (nSPS) is 18.5. The van der Waals surface area contributed by atoms with E-state index in [1.165, 1.54) is 0 Å². The molecule has 2 aromatic heterocycles. The van der Waals surface area contributed by atoms with Crippen LogP contribution in [0.5, 0.6) is 0 Å². The summed E-state index contributed by atoms with van der Waals surface area (Å²) < 4.78 is 9.22. The van der Waals surface area contributed by atoms with Gasteiger partial charge in [-0.1, -0.05) is 35.9 Å². The Labute approximate surface area is 332 Å². The molecule has 14 heteroatoms. The smallest absolute Gasteiger partial charge is 0.410 e. The summed E-state index contributed by atoms with van der Waals surface area (Å²) in [4.78, 5) is 64.8. The number of amides is 3. The minimum atomic E-state index is -0.614. The van der Waals surface area contributed by atoms with E-state index in [1.54, 1.807) is 22.6 Å². The first-order chi connectivity index (χ1) is 26.7. The number of aromatic nitrogens is 4. The Hall–Kier alpha value is -5.01. The third-order valence-corrected chi connectivity index (χ3v) is 11.8. The molecule has 296 valence electrons. The second-order valence-electron chi connectivity index (χ2n) is 16.4. The van der Waals surface area contributed by atoms with Gasteiger partial charge in [-0.15, -0.1) is 0 Å². The highest BCUT2D eigenvalue weighted by Crippen LogP contribution is 2.38. The van der Waals surface area contributed by atoms with E-state index in [2.05, 4.69) is 20.5 Å². The van der Waals surface area contributed by atoms with Crippen molar-refractivity contribution in [1.82, 2.24) is 28.9 Å². The monoisotopic (exact) mass is 782 g/mol. The van der Waals surface area contributed by atoms with Crippen LogP contribution >= 0.6 is 11.6 Å². The van der Waals surface area contributed by atoms with E-state index in [4.69, 9.17) is 21.3 Å². The van der Waals surface area contributed by atoms with Crippen molar-refractivity contribution >= 4 is 47.2 Å². The maximum atomic E-state index is 13.8. The van der Waals surface area contributed by atoms with Gasteiger partial charge in [-0.05, 0) is 82.6 Å². The van der Waals surface area contributed by atoms with E-state index in [1.807, 2.05) is 69.6 Å². The molecule has 13 nitrogen and oxygen atoms in total. The number of benzene rings is 2. The third-order valence-electron chi connectivity index (χ3n) is 11.4. The Kier molecular flexibility index (Phi) is 11.1. The number of rotatable bonds is 8. The van der Waals surface area contributed by atoms with Crippen LogP contribution in [-0.2, 0) is 49.6 Å². The molecule has 0 saturated heterocycles. The van der Waals surface area contributed by atoms with E-state index in [9.17, 15) is 19.2 Å². The molecule has 2 N–H and O–H groups in total. The number of ether oxygens (including phenoxy) is 1. The van der Waals surface area contributed by atoms with Gasteiger partial charge in [0.1, 0.15) is 11.9 Å². The second kappa shape index (κ2) is 15.9. The van der Waals surface area contributed by atoms with Crippen LogP contribution < -0.4 is 10.6 Å². The highest BCUT2D eigenvalue weighted by atomic mass is 35.5. The maximum Gasteiger partial charge on any atom is 0.410 e. The van der Waals surface area contributed by atoms with E-state index in [0.29, 0.717) is 58.9 Å². The predicted octanol–water partition coefficient (Wildman–Crippen LogP) is 6.94. The van der Waals surface area contributed by atoms with Gasteiger partial charge in [-0.2, -0.15) is 0 Å². The van der Waals surface area contributed by atoms with Crippen LogP contribution in [0.15, 0.2) is 36.4 Å². The number of nitrogens with zero attached hydrogens (tertiary/aromatic N) is 6. The molecule has 3 amide bonds. The Bertz CT molecular complexity index is 2180. The SMILES string of the molecule is Cc1c(NC(=O)c2nc3c(n2C)CCN(CC2CCC(C=O)CC2)C3)cccc1-c1cccc(NC(=O)c2nc3c(n2C)CCN(C(=O)OC(C)(C)C)C3)c1Cl. The number of halogens is 1. The van der Waals surface area contributed by atoms with Gasteiger partial charge in [0.25, 0.3) is 11.8 Å². The molecule has 1 fully saturated rings. The van der Waals surface area contributed by atoms with Gasteiger partial charge < -0.3 is 34.2 Å². The van der Waals surface area contributed by atoms with Gasteiger partial charge in [0.2, 0.25) is 0 Å². The number of hydrogen-bond donors (Lipinski definition) is 2. The Morgan fingerprint density at radius 2 is 1.41 bits per heavy atom. The van der Waals surface area contributed by atoms with Crippen LogP contribution in [-0.4, -0.2) is 78.3 Å². The zero-order valence-electron chi connectivity index (χ0n) is 33.1. The minimum absolute atomic E-state index is 0.211. The number of nitrogens with one attached hydrogen (secondary N) is 2. The van der Waals surface area contributed by atoms with Gasteiger partial charge in [0, 0.05) is 81.7 Å². The van der Waals surface area contributed by atoms with Crippen molar-refractivity contribution in [2.45, 2.75) is 84.9 Å². The lowest BCUT2D eigenvalue weighted by atomic mass is 9.82. The van der Waals surface area contributed by atoms with E-state index >= 15 is 0 Å². The predicted molar refractivity (Wildman–Crippen MR) is 215 cm³/mol. The number of fused-ring (bicyclic) bond motifs is 2. The zero-order chi connectivity index (χ0) is 39.9. The Balaban J connectivity index is 1.03. The summed E-state index contributed by atoms with van der Waals surface area (Å²) in [5, 5.41) is 6.38. The number of imidazole rings is 2. The van der Waals surface area contributed by atoms with E-state index < -0.39 is 17.6 Å². The number of aldehydes is 1. The van der Waals surface area contributed by atoms with Crippen LogP contribution in [0.1, 0.15) is 96.0 Å². The maximum absolute atomic E-state index is 13.8. The lowest BCUT2D eigenvalue weighted by molar-refractivity contribution is -0.112. The third kappa shape index (κ3) is 8.10. The highest BCUT2D eigenvalue weighted by molar-refractivity contribution is 6.36. The molecule has 4 heterocycles. The minimum Gasteiger partial charge on any atom is -0.444 e. The fourth-order valence-corrected chi connectivity index (χ4v) is 8.56. The first-order valence-corrected chi connectivity index (χ1v) is 19.8. The molecule has 0 radical (unpaired) electrons. The van der Waals surface area contributed by atoms with Gasteiger partial charge in [0.05, 0.1) is 28.6 Å². The number of hydrogen-bond acceptors (Lipinski definition) is 8. The lowest BCUT2D eigenvalue weighted by Crippen LogP contribution is -2.40. The average molecular weight is 783 g/mol. The molecule has 7 rings (SSSR count). The van der Waals surface area contributed by atoms with Gasteiger partial charge >= 0.3 is 6.09 Å². The summed E-state index contributed by atoms with van der Waals surface area (Å²) in [6.45, 7) is 10.7. The lowest BCUT2D eigenvalue weighted by Gasteiger charge is -2.33. The molecule has 2 aliphatic heterocycles. The number of carbonyl (C=O) groups excluding carboxylic acids is 4. The van der Waals surface area contributed by atoms with Crippen molar-refractivity contribution in [3.05, 3.63) is 81.4 Å². The summed E-state index contributed by atoms with van der Waals surface area (Å²) in [7, 11) is 3.70. The van der Waals surface area contributed by atoms with Gasteiger partial charge in [0.15, 0.2) is 11.6 Å². The van der Waals surface area contributed by atoms with Crippen molar-refractivity contribution in [2.75, 3.05) is 30.3 Å². The Morgan fingerprint density at radius 3 is 2.04 bits per heavy atom. The zero-order valence-corrected chi connectivity index (χ0v) is 33.8. The molecule has 4 aromatic rings. The molecule has 56 heavy (non-hydrogen) atoms. The summed E-state index contributed by atoms with van der Waals surface area (Å²) >= 11 is 6.99. The number of anilines is 2. The molecule has 0 atom stereocenters. The average Bonchev–Trinajstić information content (AvgIpc) is 3.68. The second-order valence-corrected chi connectivity index (χ2v) is 16.8. The van der Waals surface area contributed by atoms with Crippen LogP contribution in [0.25, 0.3) is 11.1 Å². The molecule has 1 saturated carbocycles. The fourth-order valence-electron chi connectivity index (χ4n) is 8.28. The molecular weight excluding hydrogens is 732 g/mol. The van der Waals surface area contributed by atoms with Gasteiger partial charge in [-0.25, -0.2) is 14.8 Å². The van der Waals surface area contributed by atoms with Crippen molar-refractivity contribution in [3.63, 3.8) is 0 Å². The molecule has 3 aliphatic rings. The van der Waals surface area contributed by atoms with Gasteiger partial charge in [-0.3, -0.25) is 14.5 Å². The molecule has 2 aromatic carbocycles. The quantitative estimate of drug-likeness (QED) is 0.183. The first-order valence-electron chi connectivity index (χ1n) is 19.5. The summed E-state index contributed by atoms with van der Waals surface area (Å²) in [6, 6.07) is 11.1. The topological polar surface area (TPSA) is 144 Å². The van der Waals surface area contributed by atoms with E-state index in [0.717, 1.165) is 79.7 Å². The molecule has 0 bridgehead atoms. The molecular formula is C42H51ClN8O5. The van der Waals surface area contributed by atoms with Crippen LogP contribution in [0, 0.1) is 18.8 Å². The number of carbonyl (C=O) groups is 4. The van der Waals surface area contributed by atoms with Crippen molar-refractivity contribution < 1.29 is 23.9 Å². The largest absolute Gasteiger partial charge is 0.444 e. The van der Waals surface area contributed by atoms with Crippen LogP contribution in [0.3, 0.4) is 0 Å². The fraction of sp³-hybridized carbons (Fsp3) is 0.476. The summed E-state index contributed by atoms with van der Waals surface area (Å²) in [5.74, 6) is 0.661. The molecule has 0 spiro atoms. The Morgan fingerprint density at radius 1 is 0.839 bits per heavy atom. The molecule has 0 unspecified atom stereocenters. The van der Waals surface area contributed by atoms with Crippen molar-refractivity contribution in [2.24, 2.45) is 25.9 Å². The van der Waals surface area contributed by atoms with Crippen molar-refractivity contribution in [3.8, 4) is 11.1 Å². The van der Waals surface area contributed by atoms with E-state index in [-0.39, 0.29) is 24.2 Å². The first kappa shape index (κ1) is 39.2. The van der Waals surface area contributed by atoms with Crippen LogP contribution in [0.4, 0.5) is 16.2 Å². The summed E-state index contributed by atoms with van der Waals surface area (Å²) in [6.07, 6.45) is 6.18. The summed E-state index contributed by atoms with van der Waals surface area (Å²) in [5.41, 5.74) is 6.31. The molecule has 1 aliphatic carbocycles. The van der Waals surface area contributed by atoms with Crippen molar-refractivity contribution in [1.29, 1.82) is 0 Å². The standard InChI is InChI=1S/C42H51ClN8O5/c1-25-28(9-7-11-30(25)46-39(53)37-44-32-22-50(19-17-34(32)48(37)5)21-26-13-15-27(24-52)16-14-26)29-10-8-12-31(36(29)43)47-40(54)38-45-33-23-51(20-18-35(33)49(38)6)41(55)56-42(2,3)4/h7-12,24,26-27H,13-23H2,1-6H3,(H,46,53)(H,47,54).